The number of hydrogen-bond acceptors (Lipinski definition) is 3. The fourth-order valence-electron chi connectivity index (χ4n) is 3.70. The molecule has 1 aromatic heterocycles. The molecular weight excluding hydrogens is 480 g/mol. The fourth-order valence-corrected chi connectivity index (χ4v) is 3.70. The van der Waals surface area contributed by atoms with E-state index in [4.69, 9.17) is 9.78 Å². The highest BCUT2D eigenvalue weighted by molar-refractivity contribution is 5.36. The van der Waals surface area contributed by atoms with Gasteiger partial charge in [-0.2, -0.15) is 0 Å². The second kappa shape index (κ2) is 21.4. The maximum absolute atomic E-state index is 13.5. The summed E-state index contributed by atoms with van der Waals surface area (Å²) in [6.07, 6.45) is 2.49. The predicted molar refractivity (Wildman–Crippen MR) is 171 cm³/mol. The molecule has 214 valence electrons. The molecule has 4 nitrogen and oxygen atoms in total. The Bertz CT molecular complexity index is 1120. The van der Waals surface area contributed by atoms with Crippen LogP contribution in [0.1, 0.15) is 94.7 Å². The van der Waals surface area contributed by atoms with Crippen LogP contribution in [0.25, 0.3) is 0 Å². The van der Waals surface area contributed by atoms with Gasteiger partial charge in [0.2, 0.25) is 0 Å². The highest BCUT2D eigenvalue weighted by Crippen LogP contribution is 2.27. The van der Waals surface area contributed by atoms with Gasteiger partial charge in [-0.25, -0.2) is 4.98 Å². The number of rotatable bonds is 6. The highest BCUT2D eigenvalue weighted by atomic mass is 16.1. The minimum absolute atomic E-state index is 0.0932. The Morgan fingerprint density at radius 3 is 1.72 bits per heavy atom. The minimum atomic E-state index is -0.173. The maximum atomic E-state index is 13.5. The first-order valence-electron chi connectivity index (χ1n) is 13.7. The first-order valence-corrected chi connectivity index (χ1v) is 13.7. The Morgan fingerprint density at radius 2 is 1.31 bits per heavy atom. The number of aryl methyl sites for hydroxylation is 3. The van der Waals surface area contributed by atoms with Crippen molar-refractivity contribution in [2.24, 2.45) is 5.92 Å². The zero-order valence-corrected chi connectivity index (χ0v) is 26.0. The van der Waals surface area contributed by atoms with Crippen LogP contribution in [-0.2, 0) is 17.6 Å². The van der Waals surface area contributed by atoms with E-state index in [-0.39, 0.29) is 11.6 Å². The van der Waals surface area contributed by atoms with Gasteiger partial charge >= 0.3 is 0 Å². The van der Waals surface area contributed by atoms with Crippen LogP contribution in [0.4, 0.5) is 0 Å². The number of benzene rings is 2. The number of allylic oxidation sites excluding steroid dienone is 1. The van der Waals surface area contributed by atoms with Gasteiger partial charge in [0.25, 0.3) is 5.56 Å². The highest BCUT2D eigenvalue weighted by Gasteiger charge is 2.22. The van der Waals surface area contributed by atoms with Gasteiger partial charge in [-0.05, 0) is 57.6 Å². The van der Waals surface area contributed by atoms with Gasteiger partial charge in [0.1, 0.15) is 12.6 Å². The summed E-state index contributed by atoms with van der Waals surface area (Å²) in [5.74, 6) is 1.60. The molecule has 0 aliphatic heterocycles. The van der Waals surface area contributed by atoms with Crippen LogP contribution < -0.4 is 5.56 Å². The molecule has 0 saturated carbocycles. The van der Waals surface area contributed by atoms with Crippen LogP contribution in [0.3, 0.4) is 0 Å². The summed E-state index contributed by atoms with van der Waals surface area (Å²) in [7, 11) is 0. The van der Waals surface area contributed by atoms with Crippen molar-refractivity contribution in [2.45, 2.75) is 87.6 Å². The van der Waals surface area contributed by atoms with Crippen molar-refractivity contribution < 1.29 is 4.79 Å². The molecule has 3 aromatic rings. The molecule has 1 unspecified atom stereocenters. The van der Waals surface area contributed by atoms with Crippen molar-refractivity contribution in [1.82, 2.24) is 9.55 Å². The number of aromatic nitrogens is 2. The third-order valence-electron chi connectivity index (χ3n) is 5.07. The van der Waals surface area contributed by atoms with Crippen LogP contribution in [-0.4, -0.2) is 16.3 Å². The summed E-state index contributed by atoms with van der Waals surface area (Å²) in [5, 5.41) is 0. The van der Waals surface area contributed by atoms with Gasteiger partial charge in [-0.15, -0.1) is 19.7 Å². The molecular formula is C35H52N2O2. The average Bonchev–Trinajstić information content (AvgIpc) is 2.91. The minimum Gasteiger partial charge on any atom is -0.307 e. The second-order valence-electron chi connectivity index (χ2n) is 10.0. The topological polar surface area (TPSA) is 52.0 Å². The predicted octanol–water partition coefficient (Wildman–Crippen LogP) is 8.87. The molecule has 4 heteroatoms. The number of nitrogens with zero attached hydrogens (tertiary/aromatic N) is 2. The van der Waals surface area contributed by atoms with Crippen LogP contribution in [0, 0.1) is 19.8 Å². The van der Waals surface area contributed by atoms with Gasteiger partial charge in [-0.3, -0.25) is 9.36 Å². The molecule has 0 aliphatic carbocycles. The van der Waals surface area contributed by atoms with Crippen molar-refractivity contribution >= 4 is 6.79 Å². The number of hydrogen-bond donors (Lipinski definition) is 0. The molecule has 0 bridgehead atoms. The van der Waals surface area contributed by atoms with Gasteiger partial charge in [0.15, 0.2) is 0 Å². The van der Waals surface area contributed by atoms with Gasteiger partial charge in [0, 0.05) is 5.56 Å². The number of carbonyl (C=O) groups is 1. The molecule has 2 aromatic carbocycles. The summed E-state index contributed by atoms with van der Waals surface area (Å²) < 4.78 is 1.88. The average molecular weight is 533 g/mol. The lowest BCUT2D eigenvalue weighted by molar-refractivity contribution is -0.0980. The SMILES string of the molecule is C=C.C=C(C)C.C=O.CC(C)C.CCCc1c(CC)nc(C)n(C(c2ccccc2)c2ccc(C)cc2)c1=O. The molecule has 0 aliphatic rings. The van der Waals surface area contributed by atoms with Crippen LogP contribution in [0.2, 0.25) is 0 Å². The van der Waals surface area contributed by atoms with E-state index in [0.717, 1.165) is 53.4 Å². The van der Waals surface area contributed by atoms with Gasteiger partial charge in [-0.1, -0.05) is 107 Å². The van der Waals surface area contributed by atoms with Crippen molar-refractivity contribution in [2.75, 3.05) is 0 Å². The normalized spacial score (nSPS) is 10.2. The molecule has 3 rings (SSSR count). The monoisotopic (exact) mass is 532 g/mol. The van der Waals surface area contributed by atoms with Gasteiger partial charge < -0.3 is 4.79 Å². The summed E-state index contributed by atoms with van der Waals surface area (Å²) in [6.45, 7) is 30.2. The third-order valence-corrected chi connectivity index (χ3v) is 5.07. The van der Waals surface area contributed by atoms with Gasteiger partial charge in [0.05, 0.1) is 11.7 Å². The molecule has 1 atom stereocenters. The Hall–Kier alpha value is -3.53. The second-order valence-corrected chi connectivity index (χ2v) is 10.0. The molecule has 0 spiro atoms. The molecule has 0 amide bonds. The summed E-state index contributed by atoms with van der Waals surface area (Å²) in [6, 6.07) is 18.5. The first kappa shape index (κ1) is 37.6. The molecule has 39 heavy (non-hydrogen) atoms. The quantitative estimate of drug-likeness (QED) is 0.298. The van der Waals surface area contributed by atoms with Crippen molar-refractivity contribution in [3.05, 3.63) is 124 Å². The lowest BCUT2D eigenvalue weighted by atomic mass is 9.96. The molecule has 1 heterocycles. The van der Waals surface area contributed by atoms with E-state index in [9.17, 15) is 4.79 Å². The molecule has 0 N–H and O–H groups in total. The smallest absolute Gasteiger partial charge is 0.257 e. The molecule has 0 fully saturated rings. The van der Waals surface area contributed by atoms with Crippen LogP contribution in [0.15, 0.2) is 84.7 Å². The van der Waals surface area contributed by atoms with E-state index in [1.165, 1.54) is 11.1 Å². The largest absolute Gasteiger partial charge is 0.307 e. The van der Waals surface area contributed by atoms with Crippen molar-refractivity contribution in [3.8, 4) is 0 Å². The Morgan fingerprint density at radius 1 is 0.872 bits per heavy atom. The van der Waals surface area contributed by atoms with E-state index in [2.05, 4.69) is 97.7 Å². The van der Waals surface area contributed by atoms with E-state index >= 15 is 0 Å². The lowest BCUT2D eigenvalue weighted by Gasteiger charge is -2.24. The van der Waals surface area contributed by atoms with E-state index < -0.39 is 0 Å². The summed E-state index contributed by atoms with van der Waals surface area (Å²) >= 11 is 0. The number of carbonyl (C=O) groups excluding carboxylic acids is 1. The van der Waals surface area contributed by atoms with Crippen LogP contribution >= 0.6 is 0 Å². The lowest BCUT2D eigenvalue weighted by Crippen LogP contribution is -2.33. The molecule has 0 saturated heterocycles. The third kappa shape index (κ3) is 13.7. The summed E-state index contributed by atoms with van der Waals surface area (Å²) in [5.41, 5.74) is 6.46. The fraction of sp³-hybridized carbons (Fsp3) is 0.400. The van der Waals surface area contributed by atoms with E-state index in [1.54, 1.807) is 0 Å². The summed E-state index contributed by atoms with van der Waals surface area (Å²) in [4.78, 5) is 26.4. The zero-order chi connectivity index (χ0) is 30.5. The van der Waals surface area contributed by atoms with Crippen molar-refractivity contribution in [3.63, 3.8) is 0 Å². The Balaban J connectivity index is 0. The first-order chi connectivity index (χ1) is 18.5. The Labute approximate surface area is 238 Å². The van der Waals surface area contributed by atoms with E-state index in [1.807, 2.05) is 50.3 Å². The van der Waals surface area contributed by atoms with Crippen LogP contribution in [0.5, 0.6) is 0 Å². The van der Waals surface area contributed by atoms with Crippen molar-refractivity contribution in [1.29, 1.82) is 0 Å². The Kier molecular flexibility index (Phi) is 20.7. The zero-order valence-electron chi connectivity index (χ0n) is 26.0. The van der Waals surface area contributed by atoms with E-state index in [0.29, 0.717) is 0 Å². The standard InChI is InChI=1S/C24H28N2O.C4H10.C4H8.C2H4.CH2O/c1-5-10-21-22(6-2)25-18(4)26(24(21)27)23(19-11-8-7-9-12-19)20-15-13-17(3)14-16-20;2*1-4(2)3;2*1-2/h7-9,11-16,23H,5-6,10H2,1-4H3;4H,1-3H3;1H2,2-3H3;1-2H2;1H2. The molecule has 0 radical (unpaired) electrons. The maximum Gasteiger partial charge on any atom is 0.257 e.